The molecule has 2 rings (SSSR count). The molecule has 0 radical (unpaired) electrons. The van der Waals surface area contributed by atoms with Crippen LogP contribution in [0.4, 0.5) is 0 Å². The lowest BCUT2D eigenvalue weighted by atomic mass is 9.86. The number of hydrogen-bond donors (Lipinski definition) is 0. The van der Waals surface area contributed by atoms with Crippen LogP contribution in [0.2, 0.25) is 0 Å². The van der Waals surface area contributed by atoms with Crippen LogP contribution in [0.5, 0.6) is 0 Å². The van der Waals surface area contributed by atoms with Gasteiger partial charge in [-0.05, 0) is 79.2 Å². The third-order valence-electron chi connectivity index (χ3n) is 10.1. The van der Waals surface area contributed by atoms with Crippen molar-refractivity contribution in [2.45, 2.75) is 195 Å². The van der Waals surface area contributed by atoms with Crippen molar-refractivity contribution in [1.82, 2.24) is 0 Å². The first-order valence-corrected chi connectivity index (χ1v) is 21.2. The highest BCUT2D eigenvalue weighted by molar-refractivity contribution is 5.89. The van der Waals surface area contributed by atoms with Crippen LogP contribution in [0.25, 0.3) is 11.1 Å². The standard InChI is InChI=1S/C48H74N2/c1-5-9-13-15-17-18-19-20-21-22-23-24-26-28-38-47(46(41-50-49)35-12-8-4)48(44-36-29-33-42(39-44)31-11-7-3)45-37-30-34-43(40-45)32-27-25-16-14-10-6-2/h28-30,33-34,36-40H,5-27,31-32,35H2,1-4H3. The molecule has 2 aromatic rings. The first-order chi connectivity index (χ1) is 24.7. The van der Waals surface area contributed by atoms with Gasteiger partial charge in [0, 0.05) is 5.57 Å². The maximum atomic E-state index is 9.81. The topological polar surface area (TPSA) is 36.4 Å². The SMILES string of the molecule is CCCCCCCCCCCCCCC=CC(C(=C=[N+]=[N-])CCCC)=C(c1cccc(CCCC)c1)c1cccc(CCCCCCCC)c1. The minimum Gasteiger partial charge on any atom is -0.348 e. The minimum atomic E-state index is 0.843. The fourth-order valence-electron chi connectivity index (χ4n) is 7.04. The molecule has 0 fully saturated rings. The molecule has 50 heavy (non-hydrogen) atoms. The molecular formula is C48H74N2. The highest BCUT2D eigenvalue weighted by Crippen LogP contribution is 2.34. The van der Waals surface area contributed by atoms with E-state index < -0.39 is 0 Å². The molecule has 0 unspecified atom stereocenters. The summed E-state index contributed by atoms with van der Waals surface area (Å²) in [6.45, 7) is 9.07. The lowest BCUT2D eigenvalue weighted by molar-refractivity contribution is 0.00742. The van der Waals surface area contributed by atoms with E-state index in [-0.39, 0.29) is 0 Å². The quantitative estimate of drug-likeness (QED) is 0.0259. The van der Waals surface area contributed by atoms with Gasteiger partial charge in [0.25, 0.3) is 0 Å². The first kappa shape index (κ1) is 43.2. The van der Waals surface area contributed by atoms with Crippen LogP contribution >= 0.6 is 0 Å². The van der Waals surface area contributed by atoms with Crippen molar-refractivity contribution < 1.29 is 4.79 Å². The maximum absolute atomic E-state index is 9.81. The predicted octanol–water partition coefficient (Wildman–Crippen LogP) is 15.4. The number of nitrogens with zero attached hydrogens (tertiary/aromatic N) is 2. The Balaban J connectivity index is 2.33. The van der Waals surface area contributed by atoms with Gasteiger partial charge in [-0.15, -0.1) is 4.79 Å². The Labute approximate surface area is 309 Å². The number of hydrogen-bond acceptors (Lipinski definition) is 0. The van der Waals surface area contributed by atoms with E-state index in [1.165, 1.54) is 156 Å². The van der Waals surface area contributed by atoms with Crippen molar-refractivity contribution in [3.8, 4) is 0 Å². The van der Waals surface area contributed by atoms with Crippen LogP contribution in [0.1, 0.15) is 204 Å². The first-order valence-electron chi connectivity index (χ1n) is 21.2. The summed E-state index contributed by atoms with van der Waals surface area (Å²) < 4.78 is 0. The third kappa shape index (κ3) is 18.9. The second-order valence-corrected chi connectivity index (χ2v) is 14.7. The largest absolute Gasteiger partial charge is 0.348 e. The molecule has 0 aromatic heterocycles. The summed E-state index contributed by atoms with van der Waals surface area (Å²) in [6.07, 6.45) is 37.6. The van der Waals surface area contributed by atoms with Crippen LogP contribution < -0.4 is 0 Å². The van der Waals surface area contributed by atoms with E-state index in [0.29, 0.717) is 0 Å². The van der Waals surface area contributed by atoms with Crippen LogP contribution in [0.3, 0.4) is 0 Å². The van der Waals surface area contributed by atoms with E-state index in [9.17, 15) is 5.53 Å². The summed E-state index contributed by atoms with van der Waals surface area (Å²) in [6, 6.07) is 18.4. The number of aryl methyl sites for hydroxylation is 2. The molecule has 276 valence electrons. The Kier molecular flexibility index (Phi) is 25.8. The van der Waals surface area contributed by atoms with E-state index in [1.54, 1.807) is 0 Å². The van der Waals surface area contributed by atoms with Gasteiger partial charge in [0.1, 0.15) is 0 Å². The Bertz CT molecular complexity index is 1300. The van der Waals surface area contributed by atoms with Gasteiger partial charge < -0.3 is 5.53 Å². The van der Waals surface area contributed by atoms with Gasteiger partial charge >= 0.3 is 5.87 Å². The molecule has 0 aliphatic heterocycles. The molecule has 0 N–H and O–H groups in total. The van der Waals surface area contributed by atoms with E-state index in [4.69, 9.17) is 0 Å². The van der Waals surface area contributed by atoms with E-state index >= 15 is 0 Å². The van der Waals surface area contributed by atoms with Crippen LogP contribution in [-0.2, 0) is 12.8 Å². The smallest absolute Gasteiger partial charge is 0.303 e. The Morgan fingerprint density at radius 3 is 1.52 bits per heavy atom. The summed E-state index contributed by atoms with van der Waals surface area (Å²) in [5, 5.41) is 0. The third-order valence-corrected chi connectivity index (χ3v) is 10.1. The molecule has 0 aliphatic carbocycles. The molecule has 0 bridgehead atoms. The van der Waals surface area contributed by atoms with Gasteiger partial charge in [-0.1, -0.05) is 204 Å². The second kappa shape index (κ2) is 29.8. The van der Waals surface area contributed by atoms with Crippen molar-refractivity contribution in [3.05, 3.63) is 99.6 Å². The van der Waals surface area contributed by atoms with Crippen LogP contribution in [0.15, 0.2) is 71.8 Å². The Morgan fingerprint density at radius 1 is 0.560 bits per heavy atom. The van der Waals surface area contributed by atoms with Gasteiger partial charge in [-0.25, -0.2) is 0 Å². The summed E-state index contributed by atoms with van der Waals surface area (Å²) in [5.74, 6) is 3.05. The Morgan fingerprint density at radius 2 is 1.02 bits per heavy atom. The highest BCUT2D eigenvalue weighted by atomic mass is 14.8. The summed E-state index contributed by atoms with van der Waals surface area (Å²) in [4.78, 5) is 3.49. The predicted molar refractivity (Wildman–Crippen MR) is 221 cm³/mol. The fourth-order valence-corrected chi connectivity index (χ4v) is 7.04. The molecule has 0 spiro atoms. The fraction of sp³-hybridized carbons (Fsp3) is 0.625. The maximum Gasteiger partial charge on any atom is 0.303 e. The number of allylic oxidation sites excluding steroid dienone is 4. The summed E-state index contributed by atoms with van der Waals surface area (Å²) in [7, 11) is 0. The van der Waals surface area contributed by atoms with Crippen LogP contribution in [-0.4, -0.2) is 10.7 Å². The lowest BCUT2D eigenvalue weighted by Gasteiger charge is -2.17. The summed E-state index contributed by atoms with van der Waals surface area (Å²) in [5.41, 5.74) is 18.5. The molecule has 0 saturated heterocycles. The molecule has 0 heterocycles. The van der Waals surface area contributed by atoms with Gasteiger partial charge in [0.05, 0.1) is 5.57 Å². The number of unbranched alkanes of at least 4 members (excludes halogenated alkanes) is 19. The molecule has 0 aliphatic rings. The van der Waals surface area contributed by atoms with Crippen molar-refractivity contribution in [1.29, 1.82) is 0 Å². The zero-order chi connectivity index (χ0) is 35.9. The zero-order valence-electron chi connectivity index (χ0n) is 33.1. The molecular weight excluding hydrogens is 605 g/mol. The van der Waals surface area contributed by atoms with Gasteiger partial charge in [0.2, 0.25) is 0 Å². The van der Waals surface area contributed by atoms with Gasteiger partial charge in [0.15, 0.2) is 0 Å². The van der Waals surface area contributed by atoms with Gasteiger partial charge in [-0.2, -0.15) is 0 Å². The summed E-state index contributed by atoms with van der Waals surface area (Å²) >= 11 is 0. The van der Waals surface area contributed by atoms with Crippen molar-refractivity contribution >= 4 is 11.4 Å². The van der Waals surface area contributed by atoms with Crippen molar-refractivity contribution in [2.75, 3.05) is 0 Å². The average molecular weight is 679 g/mol. The average Bonchev–Trinajstić information content (AvgIpc) is 3.14. The Hall–Kier alpha value is -2.92. The molecule has 0 atom stereocenters. The molecule has 2 heteroatoms. The van der Waals surface area contributed by atoms with Crippen molar-refractivity contribution in [2.24, 2.45) is 0 Å². The zero-order valence-corrected chi connectivity index (χ0v) is 33.1. The number of rotatable bonds is 30. The normalized spacial score (nSPS) is 11.8. The molecule has 0 saturated carbocycles. The van der Waals surface area contributed by atoms with E-state index in [0.717, 1.165) is 49.7 Å². The van der Waals surface area contributed by atoms with Crippen molar-refractivity contribution in [3.63, 3.8) is 0 Å². The van der Waals surface area contributed by atoms with E-state index in [2.05, 4.69) is 99.0 Å². The molecule has 2 aromatic carbocycles. The number of benzene rings is 2. The molecule has 0 amide bonds. The lowest BCUT2D eigenvalue weighted by Crippen LogP contribution is -2.00. The minimum absolute atomic E-state index is 0.843. The van der Waals surface area contributed by atoms with Gasteiger partial charge in [-0.3, -0.25) is 0 Å². The van der Waals surface area contributed by atoms with Crippen LogP contribution in [0, 0.1) is 0 Å². The monoisotopic (exact) mass is 679 g/mol. The second-order valence-electron chi connectivity index (χ2n) is 14.7. The highest BCUT2D eigenvalue weighted by Gasteiger charge is 2.17. The molecule has 2 nitrogen and oxygen atoms in total. The van der Waals surface area contributed by atoms with E-state index in [1.807, 2.05) is 0 Å².